The summed E-state index contributed by atoms with van der Waals surface area (Å²) in [6.45, 7) is 3.71. The standard InChI is InChI=1S/C18H16BrCl2N3O2/c1-2-7-23-8-10-24(11-9-23)17-13(4-3-12(20)16(17)21)22-18(25)14-5-6-15(19)26-14/h1,3-6H,7-11H2,(H,22,25). The minimum atomic E-state index is -0.360. The van der Waals surface area contributed by atoms with Gasteiger partial charge in [-0.3, -0.25) is 9.69 Å². The normalized spacial score (nSPS) is 14.9. The second kappa shape index (κ2) is 8.36. The number of benzene rings is 1. The van der Waals surface area contributed by atoms with Gasteiger partial charge in [-0.15, -0.1) is 6.42 Å². The van der Waals surface area contributed by atoms with Crippen molar-refractivity contribution in [1.29, 1.82) is 0 Å². The van der Waals surface area contributed by atoms with E-state index in [4.69, 9.17) is 34.0 Å². The summed E-state index contributed by atoms with van der Waals surface area (Å²) in [5, 5.41) is 3.71. The molecule has 8 heteroatoms. The lowest BCUT2D eigenvalue weighted by Crippen LogP contribution is -2.46. The first-order valence-electron chi connectivity index (χ1n) is 7.95. The summed E-state index contributed by atoms with van der Waals surface area (Å²) in [4.78, 5) is 16.7. The molecule has 1 fully saturated rings. The molecule has 0 bridgehead atoms. The molecule has 1 amide bonds. The largest absolute Gasteiger partial charge is 0.444 e. The van der Waals surface area contributed by atoms with Gasteiger partial charge in [0, 0.05) is 26.2 Å². The fourth-order valence-corrected chi connectivity index (χ4v) is 3.57. The van der Waals surface area contributed by atoms with E-state index in [-0.39, 0.29) is 11.7 Å². The molecule has 1 aliphatic rings. The van der Waals surface area contributed by atoms with E-state index in [1.165, 1.54) is 0 Å². The molecule has 0 spiro atoms. The lowest BCUT2D eigenvalue weighted by molar-refractivity contribution is 0.0995. The summed E-state index contributed by atoms with van der Waals surface area (Å²) >= 11 is 15.9. The van der Waals surface area contributed by atoms with E-state index in [0.29, 0.717) is 32.6 Å². The Kier molecular flexibility index (Phi) is 6.15. The predicted molar refractivity (Wildman–Crippen MR) is 108 cm³/mol. The van der Waals surface area contributed by atoms with Gasteiger partial charge in [-0.1, -0.05) is 29.1 Å². The first kappa shape index (κ1) is 19.1. The highest BCUT2D eigenvalue weighted by Crippen LogP contribution is 2.39. The second-order valence-electron chi connectivity index (χ2n) is 5.78. The Morgan fingerprint density at radius 1 is 1.23 bits per heavy atom. The zero-order chi connectivity index (χ0) is 18.7. The molecular weight excluding hydrogens is 441 g/mol. The Balaban J connectivity index is 1.84. The number of furan rings is 1. The summed E-state index contributed by atoms with van der Waals surface area (Å²) < 4.78 is 5.79. The number of carbonyl (C=O) groups excluding carboxylic acids is 1. The van der Waals surface area contributed by atoms with E-state index in [0.717, 1.165) is 26.2 Å². The van der Waals surface area contributed by atoms with E-state index < -0.39 is 0 Å². The van der Waals surface area contributed by atoms with Gasteiger partial charge in [-0.05, 0) is 40.2 Å². The Labute approximate surface area is 170 Å². The molecule has 2 aromatic rings. The summed E-state index contributed by atoms with van der Waals surface area (Å²) in [6.07, 6.45) is 5.38. The van der Waals surface area contributed by atoms with Gasteiger partial charge in [0.05, 0.1) is 28.0 Å². The molecule has 0 aliphatic carbocycles. The number of hydrogen-bond donors (Lipinski definition) is 1. The average molecular weight is 457 g/mol. The van der Waals surface area contributed by atoms with Crippen LogP contribution in [-0.2, 0) is 0 Å². The fourth-order valence-electron chi connectivity index (χ4n) is 2.83. The molecule has 1 aromatic heterocycles. The summed E-state index contributed by atoms with van der Waals surface area (Å²) in [5.74, 6) is 2.50. The van der Waals surface area contributed by atoms with Crippen LogP contribution < -0.4 is 10.2 Å². The van der Waals surface area contributed by atoms with Gasteiger partial charge in [-0.2, -0.15) is 0 Å². The van der Waals surface area contributed by atoms with Crippen molar-refractivity contribution in [3.05, 3.63) is 44.7 Å². The van der Waals surface area contributed by atoms with Crippen LogP contribution in [0.1, 0.15) is 10.6 Å². The van der Waals surface area contributed by atoms with Crippen molar-refractivity contribution < 1.29 is 9.21 Å². The van der Waals surface area contributed by atoms with Gasteiger partial charge in [-0.25, -0.2) is 0 Å². The van der Waals surface area contributed by atoms with Crippen LogP contribution in [0, 0.1) is 12.3 Å². The number of rotatable bonds is 4. The Bertz CT molecular complexity index is 855. The van der Waals surface area contributed by atoms with E-state index in [1.807, 2.05) is 0 Å². The number of nitrogens with one attached hydrogen (secondary N) is 1. The first-order chi connectivity index (χ1) is 12.5. The van der Waals surface area contributed by atoms with E-state index in [9.17, 15) is 4.79 Å². The van der Waals surface area contributed by atoms with Crippen molar-refractivity contribution in [3.63, 3.8) is 0 Å². The molecule has 0 unspecified atom stereocenters. The van der Waals surface area contributed by atoms with Crippen LogP contribution in [0.4, 0.5) is 11.4 Å². The first-order valence-corrected chi connectivity index (χ1v) is 9.50. The maximum Gasteiger partial charge on any atom is 0.291 e. The minimum absolute atomic E-state index is 0.202. The van der Waals surface area contributed by atoms with Crippen LogP contribution in [0.3, 0.4) is 0 Å². The molecule has 0 atom stereocenters. The smallest absolute Gasteiger partial charge is 0.291 e. The van der Waals surface area contributed by atoms with Crippen molar-refractivity contribution in [2.24, 2.45) is 0 Å². The SMILES string of the molecule is C#CCN1CCN(c2c(NC(=O)c3ccc(Br)o3)ccc(Cl)c2Cl)CC1. The number of halogens is 3. The Morgan fingerprint density at radius 3 is 2.58 bits per heavy atom. The molecule has 1 aromatic carbocycles. The van der Waals surface area contributed by atoms with Crippen molar-refractivity contribution >= 4 is 56.4 Å². The summed E-state index contributed by atoms with van der Waals surface area (Å²) in [6, 6.07) is 6.66. The molecule has 26 heavy (non-hydrogen) atoms. The van der Waals surface area contributed by atoms with Crippen molar-refractivity contribution in [2.75, 3.05) is 42.9 Å². The van der Waals surface area contributed by atoms with Gasteiger partial charge < -0.3 is 14.6 Å². The monoisotopic (exact) mass is 455 g/mol. The van der Waals surface area contributed by atoms with Crippen LogP contribution in [0.2, 0.25) is 10.0 Å². The van der Waals surface area contributed by atoms with Crippen LogP contribution in [0.25, 0.3) is 0 Å². The number of nitrogens with zero attached hydrogens (tertiary/aromatic N) is 2. The second-order valence-corrected chi connectivity index (χ2v) is 7.35. The number of anilines is 2. The van der Waals surface area contributed by atoms with Crippen molar-refractivity contribution in [2.45, 2.75) is 0 Å². The Hall–Kier alpha value is -1.65. The highest BCUT2D eigenvalue weighted by atomic mass is 79.9. The van der Waals surface area contributed by atoms with Crippen LogP contribution in [0.15, 0.2) is 33.4 Å². The number of terminal acetylenes is 1. The quantitative estimate of drug-likeness (QED) is 0.694. The highest BCUT2D eigenvalue weighted by Gasteiger charge is 2.24. The maximum atomic E-state index is 12.4. The molecule has 0 radical (unpaired) electrons. The van der Waals surface area contributed by atoms with Gasteiger partial charge in [0.25, 0.3) is 5.91 Å². The lowest BCUT2D eigenvalue weighted by Gasteiger charge is -2.36. The molecule has 3 rings (SSSR count). The molecule has 2 heterocycles. The van der Waals surface area contributed by atoms with Crippen LogP contribution in [-0.4, -0.2) is 43.5 Å². The highest BCUT2D eigenvalue weighted by molar-refractivity contribution is 9.10. The zero-order valence-corrected chi connectivity index (χ0v) is 16.9. The van der Waals surface area contributed by atoms with Gasteiger partial charge in [0.2, 0.25) is 0 Å². The average Bonchev–Trinajstić information content (AvgIpc) is 3.06. The zero-order valence-electron chi connectivity index (χ0n) is 13.8. The van der Waals surface area contributed by atoms with E-state index >= 15 is 0 Å². The van der Waals surface area contributed by atoms with E-state index in [1.54, 1.807) is 24.3 Å². The van der Waals surface area contributed by atoms with Gasteiger partial charge in [0.15, 0.2) is 10.4 Å². The van der Waals surface area contributed by atoms with Crippen molar-refractivity contribution in [1.82, 2.24) is 4.90 Å². The number of hydrogen-bond acceptors (Lipinski definition) is 4. The van der Waals surface area contributed by atoms with Gasteiger partial charge >= 0.3 is 0 Å². The summed E-state index contributed by atoms with van der Waals surface area (Å²) in [7, 11) is 0. The number of amides is 1. The topological polar surface area (TPSA) is 48.7 Å². The molecule has 1 N–H and O–H groups in total. The summed E-state index contributed by atoms with van der Waals surface area (Å²) in [5.41, 5.74) is 1.29. The lowest BCUT2D eigenvalue weighted by atomic mass is 10.2. The Morgan fingerprint density at radius 2 is 1.96 bits per heavy atom. The molecule has 5 nitrogen and oxygen atoms in total. The molecule has 0 saturated carbocycles. The van der Waals surface area contributed by atoms with Crippen LogP contribution in [0.5, 0.6) is 0 Å². The molecule has 1 aliphatic heterocycles. The van der Waals surface area contributed by atoms with E-state index in [2.05, 4.69) is 37.0 Å². The fraction of sp³-hybridized carbons (Fsp3) is 0.278. The third-order valence-corrected chi connectivity index (χ3v) is 5.34. The third-order valence-electron chi connectivity index (χ3n) is 4.12. The molecular formula is C18H16BrCl2N3O2. The molecule has 1 saturated heterocycles. The third kappa shape index (κ3) is 4.18. The number of carbonyl (C=O) groups is 1. The van der Waals surface area contributed by atoms with Gasteiger partial charge in [0.1, 0.15) is 0 Å². The number of piperazine rings is 1. The molecule has 136 valence electrons. The maximum absolute atomic E-state index is 12.4. The predicted octanol–water partition coefficient (Wildman–Crippen LogP) is 4.36. The van der Waals surface area contributed by atoms with Crippen molar-refractivity contribution in [3.8, 4) is 12.3 Å². The van der Waals surface area contributed by atoms with Crippen LogP contribution >= 0.6 is 39.1 Å². The minimum Gasteiger partial charge on any atom is -0.444 e.